The molecule has 1 aromatic rings. The molecule has 0 heterocycles. The van der Waals surface area contributed by atoms with E-state index in [1.165, 1.54) is 5.69 Å². The number of nitrogens with zero attached hydrogens (tertiary/aromatic N) is 1. The summed E-state index contributed by atoms with van der Waals surface area (Å²) in [6.07, 6.45) is 2.24. The van der Waals surface area contributed by atoms with E-state index in [9.17, 15) is 0 Å². The summed E-state index contributed by atoms with van der Waals surface area (Å²) in [5.41, 5.74) is 7.72. The van der Waals surface area contributed by atoms with Crippen molar-refractivity contribution in [3.05, 3.63) is 24.3 Å². The van der Waals surface area contributed by atoms with Crippen LogP contribution in [0.2, 0.25) is 0 Å². The summed E-state index contributed by atoms with van der Waals surface area (Å²) in [5, 5.41) is 0. The van der Waals surface area contributed by atoms with Gasteiger partial charge in [0, 0.05) is 38.7 Å². The van der Waals surface area contributed by atoms with Crippen LogP contribution in [0.15, 0.2) is 24.3 Å². The van der Waals surface area contributed by atoms with Gasteiger partial charge in [-0.3, -0.25) is 0 Å². The Bertz CT molecular complexity index is 289. The zero-order valence-electron chi connectivity index (χ0n) is 9.57. The summed E-state index contributed by atoms with van der Waals surface area (Å²) in [5.74, 6) is 0. The lowest BCUT2D eigenvalue weighted by molar-refractivity contribution is 0.193. The van der Waals surface area contributed by atoms with E-state index in [1.807, 2.05) is 18.2 Å². The number of ether oxygens (including phenoxy) is 1. The highest BCUT2D eigenvalue weighted by Crippen LogP contribution is 2.16. The van der Waals surface area contributed by atoms with Crippen molar-refractivity contribution in [1.29, 1.82) is 0 Å². The second kappa shape index (κ2) is 6.30. The van der Waals surface area contributed by atoms with Crippen LogP contribution in [-0.4, -0.2) is 27.3 Å². The molecule has 2 N–H and O–H groups in total. The number of benzene rings is 1. The first-order valence-corrected chi connectivity index (χ1v) is 5.29. The van der Waals surface area contributed by atoms with Crippen LogP contribution < -0.4 is 10.6 Å². The van der Waals surface area contributed by atoms with Gasteiger partial charge in [0.2, 0.25) is 0 Å². The monoisotopic (exact) mass is 208 g/mol. The zero-order valence-corrected chi connectivity index (χ0v) is 9.57. The molecule has 0 atom stereocenters. The minimum atomic E-state index is 0.816. The van der Waals surface area contributed by atoms with Gasteiger partial charge in [0.05, 0.1) is 0 Å². The molecule has 0 bridgehead atoms. The van der Waals surface area contributed by atoms with Gasteiger partial charge in [-0.2, -0.15) is 0 Å². The van der Waals surface area contributed by atoms with Gasteiger partial charge >= 0.3 is 0 Å². The Balaban J connectivity index is 2.36. The van der Waals surface area contributed by atoms with E-state index < -0.39 is 0 Å². The number of unbranched alkanes of at least 4 members (excludes halogenated alkanes) is 1. The van der Waals surface area contributed by atoms with Crippen LogP contribution in [0.1, 0.15) is 12.8 Å². The first-order valence-electron chi connectivity index (χ1n) is 5.29. The molecule has 0 radical (unpaired) electrons. The SMILES string of the molecule is COCCCCN(C)c1cccc(N)c1. The third-order valence-corrected chi connectivity index (χ3v) is 2.40. The van der Waals surface area contributed by atoms with Crippen molar-refractivity contribution in [3.8, 4) is 0 Å². The van der Waals surface area contributed by atoms with Crippen molar-refractivity contribution in [1.82, 2.24) is 0 Å². The maximum Gasteiger partial charge on any atom is 0.0462 e. The molecular weight excluding hydrogens is 188 g/mol. The fraction of sp³-hybridized carbons (Fsp3) is 0.500. The van der Waals surface area contributed by atoms with E-state index in [2.05, 4.69) is 18.0 Å². The van der Waals surface area contributed by atoms with Gasteiger partial charge in [-0.05, 0) is 31.0 Å². The lowest BCUT2D eigenvalue weighted by Gasteiger charge is -2.19. The molecule has 15 heavy (non-hydrogen) atoms. The smallest absolute Gasteiger partial charge is 0.0462 e. The summed E-state index contributed by atoms with van der Waals surface area (Å²) in [6, 6.07) is 7.96. The minimum absolute atomic E-state index is 0.816. The van der Waals surface area contributed by atoms with Crippen LogP contribution in [0, 0.1) is 0 Å². The maximum atomic E-state index is 5.73. The third kappa shape index (κ3) is 4.21. The number of anilines is 2. The Kier molecular flexibility index (Phi) is 4.98. The maximum absolute atomic E-state index is 5.73. The van der Waals surface area contributed by atoms with Crippen molar-refractivity contribution in [2.45, 2.75) is 12.8 Å². The number of methoxy groups -OCH3 is 1. The van der Waals surface area contributed by atoms with Gasteiger partial charge in [-0.15, -0.1) is 0 Å². The molecule has 3 nitrogen and oxygen atoms in total. The van der Waals surface area contributed by atoms with E-state index in [0.29, 0.717) is 0 Å². The molecule has 0 fully saturated rings. The summed E-state index contributed by atoms with van der Waals surface area (Å²) in [4.78, 5) is 2.21. The fourth-order valence-electron chi connectivity index (χ4n) is 1.49. The third-order valence-electron chi connectivity index (χ3n) is 2.40. The van der Waals surface area contributed by atoms with Crippen LogP contribution in [0.3, 0.4) is 0 Å². The normalized spacial score (nSPS) is 10.3. The van der Waals surface area contributed by atoms with Gasteiger partial charge in [0.25, 0.3) is 0 Å². The van der Waals surface area contributed by atoms with E-state index in [-0.39, 0.29) is 0 Å². The molecule has 3 heteroatoms. The number of nitrogens with two attached hydrogens (primary N) is 1. The summed E-state index contributed by atoms with van der Waals surface area (Å²) >= 11 is 0. The Morgan fingerprint density at radius 2 is 2.13 bits per heavy atom. The highest BCUT2D eigenvalue weighted by atomic mass is 16.5. The number of hydrogen-bond donors (Lipinski definition) is 1. The quantitative estimate of drug-likeness (QED) is 0.575. The Morgan fingerprint density at radius 3 is 2.80 bits per heavy atom. The molecular formula is C12H20N2O. The van der Waals surface area contributed by atoms with Crippen LogP contribution in [0.25, 0.3) is 0 Å². The molecule has 0 saturated heterocycles. The fourth-order valence-corrected chi connectivity index (χ4v) is 1.49. The van der Waals surface area contributed by atoms with Gasteiger partial charge in [-0.1, -0.05) is 6.07 Å². The molecule has 0 amide bonds. The van der Waals surface area contributed by atoms with Crippen LogP contribution >= 0.6 is 0 Å². The Morgan fingerprint density at radius 1 is 1.33 bits per heavy atom. The van der Waals surface area contributed by atoms with Crippen molar-refractivity contribution < 1.29 is 4.74 Å². The summed E-state index contributed by atoms with van der Waals surface area (Å²) in [6.45, 7) is 1.87. The van der Waals surface area contributed by atoms with Gasteiger partial charge in [-0.25, -0.2) is 0 Å². The number of hydrogen-bond acceptors (Lipinski definition) is 3. The van der Waals surface area contributed by atoms with Crippen molar-refractivity contribution in [3.63, 3.8) is 0 Å². The van der Waals surface area contributed by atoms with Crippen molar-refractivity contribution in [2.75, 3.05) is 37.9 Å². The van der Waals surface area contributed by atoms with Gasteiger partial charge in [0.15, 0.2) is 0 Å². The molecule has 0 spiro atoms. The van der Waals surface area contributed by atoms with Crippen LogP contribution in [0.5, 0.6) is 0 Å². The predicted octanol–water partition coefficient (Wildman–Crippen LogP) is 2.13. The molecule has 0 aliphatic rings. The average molecular weight is 208 g/mol. The van der Waals surface area contributed by atoms with Crippen LogP contribution in [-0.2, 0) is 4.74 Å². The molecule has 0 unspecified atom stereocenters. The van der Waals surface area contributed by atoms with E-state index in [0.717, 1.165) is 31.7 Å². The highest BCUT2D eigenvalue weighted by molar-refractivity contribution is 5.55. The van der Waals surface area contributed by atoms with Crippen molar-refractivity contribution in [2.24, 2.45) is 0 Å². The minimum Gasteiger partial charge on any atom is -0.399 e. The molecule has 1 aromatic carbocycles. The summed E-state index contributed by atoms with van der Waals surface area (Å²) < 4.78 is 5.01. The lowest BCUT2D eigenvalue weighted by Crippen LogP contribution is -2.18. The van der Waals surface area contributed by atoms with Gasteiger partial charge in [0.1, 0.15) is 0 Å². The Labute approximate surface area is 91.8 Å². The largest absolute Gasteiger partial charge is 0.399 e. The average Bonchev–Trinajstić information content (AvgIpc) is 2.24. The standard InChI is InChI=1S/C12H20N2O/c1-14(8-3-4-9-15-2)12-7-5-6-11(13)10-12/h5-7,10H,3-4,8-9,13H2,1-2H3. The zero-order chi connectivity index (χ0) is 11.1. The van der Waals surface area contributed by atoms with Crippen LogP contribution in [0.4, 0.5) is 11.4 Å². The summed E-state index contributed by atoms with van der Waals surface area (Å²) in [7, 11) is 3.82. The second-order valence-corrected chi connectivity index (χ2v) is 3.72. The molecule has 0 saturated carbocycles. The molecule has 0 aromatic heterocycles. The van der Waals surface area contributed by atoms with Crippen molar-refractivity contribution >= 4 is 11.4 Å². The van der Waals surface area contributed by atoms with E-state index in [4.69, 9.17) is 10.5 Å². The molecule has 0 aliphatic heterocycles. The van der Waals surface area contributed by atoms with E-state index >= 15 is 0 Å². The number of nitrogen functional groups attached to an aromatic ring is 1. The first kappa shape index (κ1) is 11.9. The molecule has 0 aliphatic carbocycles. The topological polar surface area (TPSA) is 38.5 Å². The Hall–Kier alpha value is -1.22. The van der Waals surface area contributed by atoms with Gasteiger partial charge < -0.3 is 15.4 Å². The first-order chi connectivity index (χ1) is 7.24. The highest BCUT2D eigenvalue weighted by Gasteiger charge is 2.00. The molecule has 1 rings (SSSR count). The lowest BCUT2D eigenvalue weighted by atomic mass is 10.2. The second-order valence-electron chi connectivity index (χ2n) is 3.72. The molecule has 84 valence electrons. The predicted molar refractivity (Wildman–Crippen MR) is 65.2 cm³/mol. The number of rotatable bonds is 6. The van der Waals surface area contributed by atoms with E-state index in [1.54, 1.807) is 7.11 Å².